The first-order chi connectivity index (χ1) is 13.7. The average Bonchev–Trinajstić information content (AvgIpc) is 3.39. The van der Waals surface area contributed by atoms with E-state index in [1.807, 2.05) is 17.9 Å². The summed E-state index contributed by atoms with van der Waals surface area (Å²) in [6.07, 6.45) is 5.49. The van der Waals surface area contributed by atoms with Crippen molar-refractivity contribution in [2.45, 2.75) is 25.9 Å². The normalized spacial score (nSPS) is 20.0. The first-order valence-electron chi connectivity index (χ1n) is 9.25. The maximum atomic E-state index is 4.60. The highest BCUT2D eigenvalue weighted by molar-refractivity contribution is 7.17. The highest BCUT2D eigenvalue weighted by atomic mass is 32.1. The van der Waals surface area contributed by atoms with Crippen LogP contribution in [0.3, 0.4) is 0 Å². The van der Waals surface area contributed by atoms with Gasteiger partial charge in [-0.15, -0.1) is 21.5 Å². The van der Waals surface area contributed by atoms with Crippen molar-refractivity contribution in [2.75, 3.05) is 18.0 Å². The van der Waals surface area contributed by atoms with Crippen molar-refractivity contribution in [3.63, 3.8) is 0 Å². The Morgan fingerprint density at radius 2 is 1.86 bits per heavy atom. The molecule has 4 heterocycles. The molecule has 0 amide bonds. The number of piperazine rings is 1. The van der Waals surface area contributed by atoms with Crippen LogP contribution in [0.15, 0.2) is 36.2 Å². The molecular formula is C19H20N8S. The van der Waals surface area contributed by atoms with Crippen LogP contribution in [0.1, 0.15) is 13.8 Å². The van der Waals surface area contributed by atoms with Gasteiger partial charge in [0.05, 0.1) is 28.1 Å². The number of thiazole rings is 1. The van der Waals surface area contributed by atoms with Crippen LogP contribution in [-0.4, -0.2) is 55.5 Å². The quantitative estimate of drug-likeness (QED) is 0.553. The second-order valence-electron chi connectivity index (χ2n) is 7.19. The van der Waals surface area contributed by atoms with Crippen LogP contribution in [0.4, 0.5) is 5.95 Å². The van der Waals surface area contributed by atoms with Gasteiger partial charge in [-0.1, -0.05) is 12.1 Å². The molecule has 2 atom stereocenters. The third kappa shape index (κ3) is 3.02. The number of aromatic nitrogens is 6. The van der Waals surface area contributed by atoms with Gasteiger partial charge in [-0.05, 0) is 13.8 Å². The van der Waals surface area contributed by atoms with Crippen molar-refractivity contribution >= 4 is 27.5 Å². The Bertz CT molecular complexity index is 1080. The van der Waals surface area contributed by atoms with E-state index in [4.69, 9.17) is 0 Å². The Morgan fingerprint density at radius 3 is 2.57 bits per heavy atom. The van der Waals surface area contributed by atoms with E-state index in [1.54, 1.807) is 17.5 Å². The van der Waals surface area contributed by atoms with Crippen LogP contribution in [0.25, 0.3) is 32.6 Å². The smallest absolute Gasteiger partial charge is 0.245 e. The Morgan fingerprint density at radius 1 is 1.04 bits per heavy atom. The monoisotopic (exact) mass is 392 g/mol. The molecule has 0 unspecified atom stereocenters. The number of fused-ring (bicyclic) bond motifs is 1. The van der Waals surface area contributed by atoms with Crippen molar-refractivity contribution in [3.8, 4) is 22.4 Å². The molecule has 8 nitrogen and oxygen atoms in total. The van der Waals surface area contributed by atoms with E-state index in [1.165, 1.54) is 0 Å². The highest BCUT2D eigenvalue weighted by Gasteiger charge is 2.23. The summed E-state index contributed by atoms with van der Waals surface area (Å²) in [6, 6.07) is 4.92. The molecule has 0 bridgehead atoms. The molecule has 0 aliphatic carbocycles. The zero-order valence-corrected chi connectivity index (χ0v) is 16.4. The standard InChI is InChI=1S/C19H20N8S/c1-11-8-27(9-12(2)24-11)19-20-7-16(25-26-19)15-4-3-14(13-5-22-23-6-13)17-18(15)28-10-21-17/h3-7,10-12,24H,8-9H2,1-2H3,(H,22,23)/t11-,12+. The van der Waals surface area contributed by atoms with Crippen molar-refractivity contribution in [3.05, 3.63) is 36.2 Å². The molecule has 9 heteroatoms. The first kappa shape index (κ1) is 17.2. The minimum Gasteiger partial charge on any atom is -0.336 e. The highest BCUT2D eigenvalue weighted by Crippen LogP contribution is 2.36. The largest absolute Gasteiger partial charge is 0.336 e. The molecule has 5 rings (SSSR count). The summed E-state index contributed by atoms with van der Waals surface area (Å²) in [7, 11) is 0. The van der Waals surface area contributed by atoms with Crippen molar-refractivity contribution in [1.29, 1.82) is 0 Å². The number of nitrogens with one attached hydrogen (secondary N) is 2. The fourth-order valence-electron chi connectivity index (χ4n) is 3.81. The molecular weight excluding hydrogens is 372 g/mol. The summed E-state index contributed by atoms with van der Waals surface area (Å²) in [5.74, 6) is 0.680. The third-order valence-corrected chi connectivity index (χ3v) is 5.82. The van der Waals surface area contributed by atoms with E-state index in [0.29, 0.717) is 18.0 Å². The van der Waals surface area contributed by atoms with E-state index >= 15 is 0 Å². The zero-order valence-electron chi connectivity index (χ0n) is 15.6. The minimum atomic E-state index is 0.402. The fraction of sp³-hybridized carbons (Fsp3) is 0.316. The molecule has 28 heavy (non-hydrogen) atoms. The SMILES string of the molecule is C[C@@H]1CN(c2ncc(-c3ccc(-c4cn[nH]c4)c4ncsc34)nn2)C[C@H](C)N1. The van der Waals surface area contributed by atoms with Crippen molar-refractivity contribution in [2.24, 2.45) is 0 Å². The molecule has 142 valence electrons. The van der Waals surface area contributed by atoms with Gasteiger partial charge in [0.25, 0.3) is 0 Å². The Labute approximate surface area is 166 Å². The lowest BCUT2D eigenvalue weighted by atomic mass is 10.0. The Hall–Kier alpha value is -2.91. The molecule has 1 aliphatic heterocycles. The van der Waals surface area contributed by atoms with Gasteiger partial charge < -0.3 is 10.2 Å². The fourth-order valence-corrected chi connectivity index (χ4v) is 4.65. The van der Waals surface area contributed by atoms with Gasteiger partial charge in [-0.2, -0.15) is 5.10 Å². The minimum absolute atomic E-state index is 0.402. The van der Waals surface area contributed by atoms with Crippen LogP contribution in [0, 0.1) is 0 Å². The summed E-state index contributed by atoms with van der Waals surface area (Å²) in [5, 5.41) is 19.3. The second kappa shape index (κ2) is 6.92. The van der Waals surface area contributed by atoms with E-state index < -0.39 is 0 Å². The van der Waals surface area contributed by atoms with Crippen LogP contribution in [0.2, 0.25) is 0 Å². The molecule has 1 aliphatic rings. The van der Waals surface area contributed by atoms with Crippen LogP contribution >= 0.6 is 11.3 Å². The first-order valence-corrected chi connectivity index (χ1v) is 10.1. The van der Waals surface area contributed by atoms with Gasteiger partial charge in [0.1, 0.15) is 5.69 Å². The van der Waals surface area contributed by atoms with Crippen molar-refractivity contribution in [1.82, 2.24) is 35.7 Å². The van der Waals surface area contributed by atoms with E-state index in [2.05, 4.69) is 66.6 Å². The van der Waals surface area contributed by atoms with E-state index in [0.717, 1.165) is 45.7 Å². The van der Waals surface area contributed by atoms with Gasteiger partial charge in [0.15, 0.2) is 0 Å². The molecule has 4 aromatic rings. The summed E-state index contributed by atoms with van der Waals surface area (Å²) in [6.45, 7) is 6.10. The number of hydrogen-bond acceptors (Lipinski definition) is 8. The van der Waals surface area contributed by atoms with E-state index in [9.17, 15) is 0 Å². The second-order valence-corrected chi connectivity index (χ2v) is 8.05. The number of anilines is 1. The number of aromatic amines is 1. The molecule has 2 N–H and O–H groups in total. The number of rotatable bonds is 3. The Kier molecular flexibility index (Phi) is 4.25. The van der Waals surface area contributed by atoms with Crippen molar-refractivity contribution < 1.29 is 0 Å². The summed E-state index contributed by atoms with van der Waals surface area (Å²) in [5.41, 5.74) is 6.63. The number of hydrogen-bond donors (Lipinski definition) is 2. The van der Waals surface area contributed by atoms with Gasteiger partial charge >= 0.3 is 0 Å². The van der Waals surface area contributed by atoms with Gasteiger partial charge in [-0.25, -0.2) is 9.97 Å². The molecule has 0 radical (unpaired) electrons. The predicted molar refractivity (Wildman–Crippen MR) is 110 cm³/mol. The van der Waals surface area contributed by atoms with E-state index in [-0.39, 0.29) is 0 Å². The molecule has 1 aromatic carbocycles. The molecule has 1 saturated heterocycles. The lowest BCUT2D eigenvalue weighted by Crippen LogP contribution is -2.54. The third-order valence-electron chi connectivity index (χ3n) is 4.96. The summed E-state index contributed by atoms with van der Waals surface area (Å²) < 4.78 is 1.08. The number of benzene rings is 1. The van der Waals surface area contributed by atoms with Crippen LogP contribution in [-0.2, 0) is 0 Å². The van der Waals surface area contributed by atoms with Crippen LogP contribution < -0.4 is 10.2 Å². The zero-order chi connectivity index (χ0) is 19.1. The summed E-state index contributed by atoms with van der Waals surface area (Å²) >= 11 is 1.60. The Balaban J connectivity index is 1.49. The lowest BCUT2D eigenvalue weighted by Gasteiger charge is -2.35. The molecule has 0 spiro atoms. The average molecular weight is 392 g/mol. The van der Waals surface area contributed by atoms with Gasteiger partial charge in [0, 0.05) is 48.1 Å². The molecule has 1 fully saturated rings. The summed E-state index contributed by atoms with van der Waals surface area (Å²) in [4.78, 5) is 11.4. The van der Waals surface area contributed by atoms with Crippen LogP contribution in [0.5, 0.6) is 0 Å². The number of H-pyrrole nitrogens is 1. The topological polar surface area (TPSA) is 95.5 Å². The molecule has 3 aromatic heterocycles. The number of nitrogens with zero attached hydrogens (tertiary/aromatic N) is 6. The lowest BCUT2D eigenvalue weighted by molar-refractivity contribution is 0.402. The predicted octanol–water partition coefficient (Wildman–Crippen LogP) is 2.73. The maximum Gasteiger partial charge on any atom is 0.245 e. The van der Waals surface area contributed by atoms with Gasteiger partial charge in [0.2, 0.25) is 5.95 Å². The molecule has 0 saturated carbocycles. The maximum absolute atomic E-state index is 4.60. The van der Waals surface area contributed by atoms with Gasteiger partial charge in [-0.3, -0.25) is 5.10 Å².